The van der Waals surface area contributed by atoms with Crippen LogP contribution in [-0.2, 0) is 0 Å². The summed E-state index contributed by atoms with van der Waals surface area (Å²) in [5.41, 5.74) is 0.731. The molecule has 0 aliphatic carbocycles. The Labute approximate surface area is 158 Å². The Kier molecular flexibility index (Phi) is 6.17. The minimum Gasteiger partial charge on any atom is -0.494 e. The second kappa shape index (κ2) is 8.76. The fourth-order valence-electron chi connectivity index (χ4n) is 2.47. The maximum Gasteiger partial charge on any atom is 0.322 e. The van der Waals surface area contributed by atoms with Gasteiger partial charge in [-0.3, -0.25) is 0 Å². The molecule has 0 radical (unpaired) electrons. The van der Waals surface area contributed by atoms with E-state index < -0.39 is 0 Å². The zero-order chi connectivity index (χ0) is 18.4. The summed E-state index contributed by atoms with van der Waals surface area (Å²) < 4.78 is 11.3. The molecule has 2 heterocycles. The maximum atomic E-state index is 12.2. The van der Waals surface area contributed by atoms with E-state index in [1.165, 1.54) is 0 Å². The number of pyridine rings is 1. The molecule has 7 heteroatoms. The van der Waals surface area contributed by atoms with E-state index in [1.54, 1.807) is 23.2 Å². The first kappa shape index (κ1) is 18.3. The Morgan fingerprint density at radius 1 is 1.31 bits per heavy atom. The number of aromatic nitrogens is 1. The highest BCUT2D eigenvalue weighted by molar-refractivity contribution is 6.31. The molecule has 0 saturated carbocycles. The van der Waals surface area contributed by atoms with Crippen molar-refractivity contribution in [1.82, 2.24) is 9.88 Å². The van der Waals surface area contributed by atoms with E-state index >= 15 is 0 Å². The molecule has 0 bridgehead atoms. The first-order valence-electron chi connectivity index (χ1n) is 8.71. The number of carbonyl (C=O) groups is 1. The summed E-state index contributed by atoms with van der Waals surface area (Å²) in [5, 5.41) is 3.34. The number of anilines is 1. The van der Waals surface area contributed by atoms with Crippen molar-refractivity contribution in [1.29, 1.82) is 0 Å². The van der Waals surface area contributed by atoms with Crippen LogP contribution in [0.1, 0.15) is 19.8 Å². The third-order valence-electron chi connectivity index (χ3n) is 4.01. The Morgan fingerprint density at radius 3 is 2.77 bits per heavy atom. The van der Waals surface area contributed by atoms with Gasteiger partial charge in [0.05, 0.1) is 19.7 Å². The van der Waals surface area contributed by atoms with Crippen LogP contribution in [-0.4, -0.2) is 41.7 Å². The van der Waals surface area contributed by atoms with Gasteiger partial charge in [-0.15, -0.1) is 0 Å². The van der Waals surface area contributed by atoms with Crippen LogP contribution in [0.25, 0.3) is 0 Å². The van der Waals surface area contributed by atoms with Crippen LogP contribution in [0.15, 0.2) is 42.6 Å². The van der Waals surface area contributed by atoms with Crippen molar-refractivity contribution in [3.8, 4) is 11.6 Å². The lowest BCUT2D eigenvalue weighted by atomic mass is 10.2. The zero-order valence-electron chi connectivity index (χ0n) is 14.7. The molecule has 1 aliphatic heterocycles. The third-order valence-corrected chi connectivity index (χ3v) is 4.30. The normalized spacial score (nSPS) is 13.8. The molecule has 0 spiro atoms. The highest BCUT2D eigenvalue weighted by atomic mass is 35.5. The van der Waals surface area contributed by atoms with Crippen molar-refractivity contribution in [3.63, 3.8) is 0 Å². The molecule has 2 amide bonds. The predicted octanol–water partition coefficient (Wildman–Crippen LogP) is 4.21. The van der Waals surface area contributed by atoms with Gasteiger partial charge in [-0.05, 0) is 42.8 Å². The standard InChI is InChI=1S/C19H22ClN3O3/c1-2-3-11-25-15-8-6-14(7-9-15)22-19(24)23-12-16(13-23)26-18-17(20)5-4-10-21-18/h4-10,16H,2-3,11-13H2,1H3,(H,22,24). The number of ether oxygens (including phenoxy) is 2. The molecule has 1 saturated heterocycles. The number of urea groups is 1. The number of benzene rings is 1. The van der Waals surface area contributed by atoms with E-state index in [1.807, 2.05) is 24.3 Å². The van der Waals surface area contributed by atoms with Crippen molar-refractivity contribution in [3.05, 3.63) is 47.6 Å². The molecule has 1 aromatic heterocycles. The highest BCUT2D eigenvalue weighted by Gasteiger charge is 2.33. The van der Waals surface area contributed by atoms with Gasteiger partial charge in [0.15, 0.2) is 0 Å². The minimum atomic E-state index is -0.156. The molecule has 26 heavy (non-hydrogen) atoms. The maximum absolute atomic E-state index is 12.2. The molecule has 1 aromatic carbocycles. The van der Waals surface area contributed by atoms with Gasteiger partial charge < -0.3 is 19.7 Å². The van der Waals surface area contributed by atoms with E-state index in [4.69, 9.17) is 21.1 Å². The second-order valence-corrected chi connectivity index (χ2v) is 6.50. The van der Waals surface area contributed by atoms with Crippen LogP contribution >= 0.6 is 11.6 Å². The number of carbonyl (C=O) groups excluding carboxylic acids is 1. The van der Waals surface area contributed by atoms with Gasteiger partial charge in [-0.1, -0.05) is 24.9 Å². The molecule has 2 aromatic rings. The van der Waals surface area contributed by atoms with Crippen molar-refractivity contribution >= 4 is 23.3 Å². The molecule has 0 atom stereocenters. The lowest BCUT2D eigenvalue weighted by Crippen LogP contribution is -2.57. The van der Waals surface area contributed by atoms with Crippen LogP contribution in [0, 0.1) is 0 Å². The topological polar surface area (TPSA) is 63.7 Å². The molecule has 1 N–H and O–H groups in total. The summed E-state index contributed by atoms with van der Waals surface area (Å²) in [6.07, 6.45) is 3.66. The number of unbranched alkanes of at least 4 members (excludes halogenated alkanes) is 1. The number of amides is 2. The summed E-state index contributed by atoms with van der Waals surface area (Å²) in [6, 6.07) is 10.7. The van der Waals surface area contributed by atoms with Crippen LogP contribution < -0.4 is 14.8 Å². The summed E-state index contributed by atoms with van der Waals surface area (Å²) in [6.45, 7) is 3.82. The molecular formula is C19H22ClN3O3. The van der Waals surface area contributed by atoms with E-state index in [-0.39, 0.29) is 12.1 Å². The van der Waals surface area contributed by atoms with Crippen molar-refractivity contribution in [2.45, 2.75) is 25.9 Å². The minimum absolute atomic E-state index is 0.0949. The average Bonchev–Trinajstić information content (AvgIpc) is 2.61. The Bertz CT molecular complexity index is 733. The molecule has 138 valence electrons. The fraction of sp³-hybridized carbons (Fsp3) is 0.368. The molecule has 6 nitrogen and oxygen atoms in total. The predicted molar refractivity (Wildman–Crippen MR) is 101 cm³/mol. The average molecular weight is 376 g/mol. The smallest absolute Gasteiger partial charge is 0.322 e. The molecular weight excluding hydrogens is 354 g/mol. The quantitative estimate of drug-likeness (QED) is 0.736. The SMILES string of the molecule is CCCCOc1ccc(NC(=O)N2CC(Oc3ncccc3Cl)C2)cc1. The first-order chi connectivity index (χ1) is 12.7. The van der Waals surface area contributed by atoms with Crippen LogP contribution in [0.5, 0.6) is 11.6 Å². The lowest BCUT2D eigenvalue weighted by Gasteiger charge is -2.38. The number of hydrogen-bond donors (Lipinski definition) is 1. The number of hydrogen-bond acceptors (Lipinski definition) is 4. The van der Waals surface area contributed by atoms with Gasteiger partial charge in [0, 0.05) is 11.9 Å². The largest absolute Gasteiger partial charge is 0.494 e. The summed E-state index contributed by atoms with van der Waals surface area (Å²) in [7, 11) is 0. The van der Waals surface area contributed by atoms with Gasteiger partial charge in [0.2, 0.25) is 5.88 Å². The fourth-order valence-corrected chi connectivity index (χ4v) is 2.63. The van der Waals surface area contributed by atoms with Gasteiger partial charge >= 0.3 is 6.03 Å². The molecule has 1 aliphatic rings. The number of likely N-dealkylation sites (tertiary alicyclic amines) is 1. The first-order valence-corrected chi connectivity index (χ1v) is 9.09. The van der Waals surface area contributed by atoms with E-state index in [2.05, 4.69) is 17.2 Å². The lowest BCUT2D eigenvalue weighted by molar-refractivity contribution is 0.0462. The Hall–Kier alpha value is -2.47. The highest BCUT2D eigenvalue weighted by Crippen LogP contribution is 2.24. The van der Waals surface area contributed by atoms with Crippen LogP contribution in [0.4, 0.5) is 10.5 Å². The van der Waals surface area contributed by atoms with Crippen LogP contribution in [0.3, 0.4) is 0 Å². The number of nitrogens with zero attached hydrogens (tertiary/aromatic N) is 2. The zero-order valence-corrected chi connectivity index (χ0v) is 15.4. The van der Waals surface area contributed by atoms with Crippen LogP contribution in [0.2, 0.25) is 5.02 Å². The van der Waals surface area contributed by atoms with E-state index in [9.17, 15) is 4.79 Å². The van der Waals surface area contributed by atoms with Crippen molar-refractivity contribution < 1.29 is 14.3 Å². The van der Waals surface area contributed by atoms with Crippen molar-refractivity contribution in [2.75, 3.05) is 25.0 Å². The second-order valence-electron chi connectivity index (χ2n) is 6.09. The summed E-state index contributed by atoms with van der Waals surface area (Å²) in [4.78, 5) is 18.0. The monoisotopic (exact) mass is 375 g/mol. The van der Waals surface area contributed by atoms with Gasteiger partial charge in [0.1, 0.15) is 16.9 Å². The van der Waals surface area contributed by atoms with Gasteiger partial charge in [0.25, 0.3) is 0 Å². The molecule has 3 rings (SSSR count). The number of halogens is 1. The van der Waals surface area contributed by atoms with E-state index in [0.29, 0.717) is 30.6 Å². The van der Waals surface area contributed by atoms with E-state index in [0.717, 1.165) is 24.3 Å². The number of nitrogens with one attached hydrogen (secondary N) is 1. The summed E-state index contributed by atoms with van der Waals surface area (Å²) >= 11 is 6.02. The molecule has 0 unspecified atom stereocenters. The van der Waals surface area contributed by atoms with Gasteiger partial charge in [-0.25, -0.2) is 9.78 Å². The number of rotatable bonds is 7. The molecule has 1 fully saturated rings. The van der Waals surface area contributed by atoms with Crippen molar-refractivity contribution in [2.24, 2.45) is 0 Å². The van der Waals surface area contributed by atoms with Gasteiger partial charge in [-0.2, -0.15) is 0 Å². The third kappa shape index (κ3) is 4.79. The summed E-state index contributed by atoms with van der Waals surface area (Å²) in [5.74, 6) is 1.21. The Balaban J connectivity index is 1.43. The Morgan fingerprint density at radius 2 is 2.08 bits per heavy atom.